The topological polar surface area (TPSA) is 64.6 Å². The van der Waals surface area contributed by atoms with Crippen molar-refractivity contribution in [1.29, 1.82) is 0 Å². The SMILES string of the molecule is COC(=O)c1c(NCC(=O)c2ccc(OC)c(Cl)c2)sc2c1CCCC2. The van der Waals surface area contributed by atoms with Gasteiger partial charge in [-0.3, -0.25) is 4.79 Å². The monoisotopic (exact) mass is 393 g/mol. The second kappa shape index (κ2) is 8.10. The highest BCUT2D eigenvalue weighted by Crippen LogP contribution is 2.38. The third kappa shape index (κ3) is 3.71. The van der Waals surface area contributed by atoms with Gasteiger partial charge in [-0.1, -0.05) is 11.6 Å². The van der Waals surface area contributed by atoms with Crippen LogP contribution in [0.1, 0.15) is 44.0 Å². The Bertz CT molecular complexity index is 846. The summed E-state index contributed by atoms with van der Waals surface area (Å²) >= 11 is 7.63. The summed E-state index contributed by atoms with van der Waals surface area (Å²) in [6, 6.07) is 4.93. The van der Waals surface area contributed by atoms with Gasteiger partial charge in [-0.25, -0.2) is 4.79 Å². The number of methoxy groups -OCH3 is 2. The van der Waals surface area contributed by atoms with Crippen LogP contribution in [0.4, 0.5) is 5.00 Å². The molecular weight excluding hydrogens is 374 g/mol. The molecule has 0 atom stereocenters. The van der Waals surface area contributed by atoms with Gasteiger partial charge in [-0.2, -0.15) is 0 Å². The predicted octanol–water partition coefficient (Wildman–Crippen LogP) is 4.37. The Morgan fingerprint density at radius 3 is 2.69 bits per heavy atom. The number of Topliss-reactive ketones (excluding diaryl/α,β-unsaturated/α-hetero) is 1. The van der Waals surface area contributed by atoms with Gasteiger partial charge in [-0.05, 0) is 49.4 Å². The second-order valence-corrected chi connectivity index (χ2v) is 7.55. The molecule has 0 saturated carbocycles. The molecule has 1 N–H and O–H groups in total. The van der Waals surface area contributed by atoms with Crippen molar-refractivity contribution >= 4 is 39.7 Å². The molecule has 1 aromatic heterocycles. The van der Waals surface area contributed by atoms with Crippen molar-refractivity contribution in [2.24, 2.45) is 0 Å². The maximum atomic E-state index is 12.5. The molecule has 138 valence electrons. The van der Waals surface area contributed by atoms with E-state index >= 15 is 0 Å². The zero-order valence-electron chi connectivity index (χ0n) is 14.7. The number of benzene rings is 1. The van der Waals surface area contributed by atoms with Gasteiger partial charge in [0.1, 0.15) is 10.8 Å². The van der Waals surface area contributed by atoms with Gasteiger partial charge in [-0.15, -0.1) is 11.3 Å². The summed E-state index contributed by atoms with van der Waals surface area (Å²) in [5.74, 6) is 0.0543. The number of hydrogen-bond donors (Lipinski definition) is 1. The molecule has 0 unspecified atom stereocenters. The minimum atomic E-state index is -0.355. The van der Waals surface area contributed by atoms with Gasteiger partial charge in [0, 0.05) is 10.4 Å². The van der Waals surface area contributed by atoms with Gasteiger partial charge in [0.15, 0.2) is 5.78 Å². The highest BCUT2D eigenvalue weighted by Gasteiger charge is 2.26. The lowest BCUT2D eigenvalue weighted by Crippen LogP contribution is -2.16. The van der Waals surface area contributed by atoms with E-state index in [9.17, 15) is 9.59 Å². The first-order valence-corrected chi connectivity index (χ1v) is 9.58. The number of carbonyl (C=O) groups is 2. The Hall–Kier alpha value is -2.05. The minimum Gasteiger partial charge on any atom is -0.495 e. The number of carbonyl (C=O) groups excluding carboxylic acids is 2. The van der Waals surface area contributed by atoms with Crippen LogP contribution in [0.15, 0.2) is 18.2 Å². The van der Waals surface area contributed by atoms with Crippen LogP contribution in [0.2, 0.25) is 5.02 Å². The molecule has 1 aliphatic rings. The summed E-state index contributed by atoms with van der Waals surface area (Å²) in [5.41, 5.74) is 2.13. The molecule has 1 aromatic carbocycles. The Kier molecular flexibility index (Phi) is 5.84. The Balaban J connectivity index is 1.79. The largest absolute Gasteiger partial charge is 0.495 e. The van der Waals surface area contributed by atoms with Crippen molar-refractivity contribution in [3.63, 3.8) is 0 Å². The molecule has 0 spiro atoms. The van der Waals surface area contributed by atoms with Crippen LogP contribution in [0.25, 0.3) is 0 Å². The van der Waals surface area contributed by atoms with Gasteiger partial charge in [0.05, 0.1) is 31.4 Å². The normalized spacial score (nSPS) is 13.0. The highest BCUT2D eigenvalue weighted by molar-refractivity contribution is 7.16. The van der Waals surface area contributed by atoms with Crippen molar-refractivity contribution < 1.29 is 19.1 Å². The van der Waals surface area contributed by atoms with Gasteiger partial charge < -0.3 is 14.8 Å². The van der Waals surface area contributed by atoms with Gasteiger partial charge in [0.2, 0.25) is 0 Å². The van der Waals surface area contributed by atoms with E-state index < -0.39 is 0 Å². The molecule has 3 rings (SSSR count). The minimum absolute atomic E-state index is 0.0754. The van der Waals surface area contributed by atoms with Crippen LogP contribution in [-0.2, 0) is 17.6 Å². The zero-order valence-corrected chi connectivity index (χ0v) is 16.3. The van der Waals surface area contributed by atoms with Crippen LogP contribution < -0.4 is 10.1 Å². The van der Waals surface area contributed by atoms with Crippen LogP contribution >= 0.6 is 22.9 Å². The molecule has 0 radical (unpaired) electrons. The van der Waals surface area contributed by atoms with E-state index in [4.69, 9.17) is 21.1 Å². The Labute approximate surface area is 161 Å². The maximum Gasteiger partial charge on any atom is 0.341 e. The number of esters is 1. The summed E-state index contributed by atoms with van der Waals surface area (Å²) in [4.78, 5) is 25.9. The highest BCUT2D eigenvalue weighted by atomic mass is 35.5. The lowest BCUT2D eigenvalue weighted by atomic mass is 9.95. The van der Waals surface area contributed by atoms with Crippen LogP contribution in [0, 0.1) is 0 Å². The van der Waals surface area contributed by atoms with Gasteiger partial charge in [0.25, 0.3) is 0 Å². The lowest BCUT2D eigenvalue weighted by molar-refractivity contribution is 0.0600. The first kappa shape index (κ1) is 18.7. The van der Waals surface area contributed by atoms with Crippen molar-refractivity contribution in [2.45, 2.75) is 25.7 Å². The van der Waals surface area contributed by atoms with E-state index in [1.165, 1.54) is 19.1 Å². The van der Waals surface area contributed by atoms with Crippen molar-refractivity contribution in [3.05, 3.63) is 44.8 Å². The molecule has 0 bridgehead atoms. The molecule has 7 heteroatoms. The first-order chi connectivity index (χ1) is 12.5. The number of halogens is 1. The molecular formula is C19H20ClNO4S. The summed E-state index contributed by atoms with van der Waals surface area (Å²) in [6.45, 7) is 0.0754. The third-order valence-corrected chi connectivity index (χ3v) is 5.99. The number of fused-ring (bicyclic) bond motifs is 1. The summed E-state index contributed by atoms with van der Waals surface area (Å²) in [5, 5.41) is 4.22. The fraction of sp³-hybridized carbons (Fsp3) is 0.368. The first-order valence-electron chi connectivity index (χ1n) is 8.38. The zero-order chi connectivity index (χ0) is 18.7. The number of ether oxygens (including phenoxy) is 2. The molecule has 0 amide bonds. The number of aryl methyl sites for hydroxylation is 1. The van der Waals surface area contributed by atoms with Gasteiger partial charge >= 0.3 is 5.97 Å². The molecule has 0 fully saturated rings. The van der Waals surface area contributed by atoms with Crippen molar-refractivity contribution in [1.82, 2.24) is 0 Å². The van der Waals surface area contributed by atoms with Crippen LogP contribution in [0.3, 0.4) is 0 Å². The number of rotatable bonds is 6. The number of anilines is 1. The fourth-order valence-corrected chi connectivity index (χ4v) is 4.64. The van der Waals surface area contributed by atoms with E-state index in [-0.39, 0.29) is 18.3 Å². The fourth-order valence-electron chi connectivity index (χ4n) is 3.11. The average Bonchev–Trinajstić information content (AvgIpc) is 3.03. The lowest BCUT2D eigenvalue weighted by Gasteiger charge is -2.12. The Morgan fingerprint density at radius 1 is 1.23 bits per heavy atom. The molecule has 5 nitrogen and oxygen atoms in total. The second-order valence-electron chi connectivity index (χ2n) is 6.03. The van der Waals surface area contributed by atoms with Crippen molar-refractivity contribution in [2.75, 3.05) is 26.1 Å². The van der Waals surface area contributed by atoms with Crippen LogP contribution in [0.5, 0.6) is 5.75 Å². The maximum absolute atomic E-state index is 12.5. The van der Waals surface area contributed by atoms with Crippen molar-refractivity contribution in [3.8, 4) is 5.75 Å². The summed E-state index contributed by atoms with van der Waals surface area (Å²) in [7, 11) is 2.90. The molecule has 1 aliphatic carbocycles. The predicted molar refractivity (Wildman–Crippen MR) is 103 cm³/mol. The number of thiophene rings is 1. The van der Waals surface area contributed by atoms with E-state index in [0.717, 1.165) is 31.2 Å². The Morgan fingerprint density at radius 2 is 2.00 bits per heavy atom. The molecule has 1 heterocycles. The molecule has 0 saturated heterocycles. The number of ketones is 1. The standard InChI is InChI=1S/C19H20ClNO4S/c1-24-15-8-7-11(9-13(15)20)14(22)10-21-18-17(19(23)25-2)12-5-3-4-6-16(12)26-18/h7-9,21H,3-6,10H2,1-2H3. The van der Waals surface area contributed by atoms with E-state index in [2.05, 4.69) is 5.32 Å². The summed E-state index contributed by atoms with van der Waals surface area (Å²) < 4.78 is 10.0. The number of hydrogen-bond acceptors (Lipinski definition) is 6. The summed E-state index contributed by atoms with van der Waals surface area (Å²) in [6.07, 6.45) is 4.03. The van der Waals surface area contributed by atoms with Crippen LogP contribution in [-0.4, -0.2) is 32.5 Å². The molecule has 26 heavy (non-hydrogen) atoms. The molecule has 0 aliphatic heterocycles. The van der Waals surface area contributed by atoms with E-state index in [1.54, 1.807) is 29.5 Å². The average molecular weight is 394 g/mol. The molecule has 2 aromatic rings. The number of nitrogens with one attached hydrogen (secondary N) is 1. The van der Waals surface area contributed by atoms with E-state index in [0.29, 0.717) is 26.9 Å². The quantitative estimate of drug-likeness (QED) is 0.583. The van der Waals surface area contributed by atoms with E-state index in [1.807, 2.05) is 0 Å². The smallest absolute Gasteiger partial charge is 0.341 e. The third-order valence-electron chi connectivity index (χ3n) is 4.44.